The summed E-state index contributed by atoms with van der Waals surface area (Å²) in [7, 11) is 3.39. The highest BCUT2D eigenvalue weighted by atomic mass is 16.7. The quantitative estimate of drug-likeness (QED) is 0.575. The molecule has 3 nitrogen and oxygen atoms in total. The van der Waals surface area contributed by atoms with Crippen molar-refractivity contribution in [2.45, 2.75) is 70.7 Å². The van der Waals surface area contributed by atoms with Gasteiger partial charge in [-0.1, -0.05) is 25.7 Å². The van der Waals surface area contributed by atoms with Crippen molar-refractivity contribution in [1.29, 1.82) is 0 Å². The second-order valence-corrected chi connectivity index (χ2v) is 5.34. The Morgan fingerprint density at radius 1 is 0.941 bits per heavy atom. The molecule has 0 bridgehead atoms. The van der Waals surface area contributed by atoms with Gasteiger partial charge in [-0.3, -0.25) is 0 Å². The fourth-order valence-corrected chi connectivity index (χ4v) is 2.94. The van der Waals surface area contributed by atoms with E-state index in [1.807, 2.05) is 0 Å². The molecule has 0 radical (unpaired) electrons. The summed E-state index contributed by atoms with van der Waals surface area (Å²) in [4.78, 5) is 0. The van der Waals surface area contributed by atoms with E-state index in [0.717, 1.165) is 5.92 Å². The molecule has 1 rings (SSSR count). The van der Waals surface area contributed by atoms with Crippen LogP contribution < -0.4 is 5.32 Å². The van der Waals surface area contributed by atoms with Gasteiger partial charge in [0.2, 0.25) is 0 Å². The Morgan fingerprint density at radius 2 is 1.47 bits per heavy atom. The number of methoxy groups -OCH3 is 2. The first-order valence-corrected chi connectivity index (χ1v) is 7.00. The first kappa shape index (κ1) is 14.9. The second-order valence-electron chi connectivity index (χ2n) is 5.34. The van der Waals surface area contributed by atoms with Crippen molar-refractivity contribution in [2.24, 2.45) is 5.92 Å². The molecule has 1 fully saturated rings. The van der Waals surface area contributed by atoms with E-state index in [1.165, 1.54) is 38.5 Å². The SMILES string of the molecule is COC(OC)C(C)N[C@@H](C)C1CCCCCC1. The second kappa shape index (κ2) is 8.06. The molecular formula is C14H29NO2. The highest BCUT2D eigenvalue weighted by molar-refractivity contribution is 4.78. The van der Waals surface area contributed by atoms with Gasteiger partial charge in [0.25, 0.3) is 0 Å². The zero-order valence-electron chi connectivity index (χ0n) is 11.9. The Hall–Kier alpha value is -0.120. The molecule has 1 aliphatic rings. The maximum absolute atomic E-state index is 5.29. The molecule has 0 aromatic heterocycles. The predicted molar refractivity (Wildman–Crippen MR) is 71.1 cm³/mol. The molecule has 2 atom stereocenters. The minimum atomic E-state index is -0.150. The summed E-state index contributed by atoms with van der Waals surface area (Å²) in [5.41, 5.74) is 0. The topological polar surface area (TPSA) is 30.5 Å². The Morgan fingerprint density at radius 3 is 1.94 bits per heavy atom. The molecular weight excluding hydrogens is 214 g/mol. The molecule has 0 amide bonds. The summed E-state index contributed by atoms with van der Waals surface area (Å²) < 4.78 is 10.6. The summed E-state index contributed by atoms with van der Waals surface area (Å²) in [6, 6.07) is 0.791. The molecule has 17 heavy (non-hydrogen) atoms. The van der Waals surface area contributed by atoms with Crippen molar-refractivity contribution in [2.75, 3.05) is 14.2 Å². The predicted octanol–water partition coefficient (Wildman–Crippen LogP) is 2.94. The van der Waals surface area contributed by atoms with E-state index in [2.05, 4.69) is 19.2 Å². The molecule has 1 saturated carbocycles. The summed E-state index contributed by atoms with van der Waals surface area (Å²) in [5.74, 6) is 0.814. The minimum Gasteiger partial charge on any atom is -0.354 e. The summed E-state index contributed by atoms with van der Waals surface area (Å²) in [5, 5.41) is 3.63. The minimum absolute atomic E-state index is 0.150. The zero-order valence-corrected chi connectivity index (χ0v) is 11.9. The van der Waals surface area contributed by atoms with Crippen molar-refractivity contribution in [3.05, 3.63) is 0 Å². The molecule has 0 spiro atoms. The number of ether oxygens (including phenoxy) is 2. The van der Waals surface area contributed by atoms with Crippen molar-refractivity contribution >= 4 is 0 Å². The average molecular weight is 243 g/mol. The van der Waals surface area contributed by atoms with Crippen LogP contribution in [0.3, 0.4) is 0 Å². The molecule has 1 N–H and O–H groups in total. The highest BCUT2D eigenvalue weighted by Gasteiger charge is 2.23. The fourth-order valence-electron chi connectivity index (χ4n) is 2.94. The smallest absolute Gasteiger partial charge is 0.171 e. The third-order valence-corrected chi connectivity index (χ3v) is 4.01. The lowest BCUT2D eigenvalue weighted by Crippen LogP contribution is -2.46. The Bertz CT molecular complexity index is 187. The van der Waals surface area contributed by atoms with E-state index >= 15 is 0 Å². The van der Waals surface area contributed by atoms with Crippen LogP contribution in [0.1, 0.15) is 52.4 Å². The fraction of sp³-hybridized carbons (Fsp3) is 1.00. The lowest BCUT2D eigenvalue weighted by molar-refractivity contribution is -0.121. The molecule has 0 saturated heterocycles. The van der Waals surface area contributed by atoms with E-state index in [-0.39, 0.29) is 12.3 Å². The van der Waals surface area contributed by atoms with Gasteiger partial charge in [-0.2, -0.15) is 0 Å². The van der Waals surface area contributed by atoms with Crippen LogP contribution in [-0.4, -0.2) is 32.6 Å². The lowest BCUT2D eigenvalue weighted by Gasteiger charge is -2.30. The molecule has 1 unspecified atom stereocenters. The van der Waals surface area contributed by atoms with Gasteiger partial charge in [-0.05, 0) is 32.6 Å². The van der Waals surface area contributed by atoms with Crippen molar-refractivity contribution in [3.63, 3.8) is 0 Å². The van der Waals surface area contributed by atoms with Gasteiger partial charge in [0.05, 0.1) is 6.04 Å². The third kappa shape index (κ3) is 4.94. The van der Waals surface area contributed by atoms with E-state index in [0.29, 0.717) is 6.04 Å². The molecule has 1 aliphatic carbocycles. The van der Waals surface area contributed by atoms with Crippen molar-refractivity contribution in [3.8, 4) is 0 Å². The largest absolute Gasteiger partial charge is 0.354 e. The Balaban J connectivity index is 2.37. The highest BCUT2D eigenvalue weighted by Crippen LogP contribution is 2.25. The summed E-state index contributed by atoms with van der Waals surface area (Å²) >= 11 is 0. The zero-order chi connectivity index (χ0) is 12.7. The standard InChI is InChI=1S/C14H29NO2/c1-11(13-9-7-5-6-8-10-13)15-12(2)14(16-3)17-4/h11-15H,5-10H2,1-4H3/t11-,12?/m0/s1. The Labute approximate surface area is 106 Å². The van der Waals surface area contributed by atoms with Crippen LogP contribution in [0.4, 0.5) is 0 Å². The van der Waals surface area contributed by atoms with Crippen molar-refractivity contribution in [1.82, 2.24) is 5.32 Å². The van der Waals surface area contributed by atoms with Gasteiger partial charge >= 0.3 is 0 Å². The maximum atomic E-state index is 5.29. The molecule has 102 valence electrons. The summed E-state index contributed by atoms with van der Waals surface area (Å²) in [6.45, 7) is 4.43. The Kier molecular flexibility index (Phi) is 7.09. The summed E-state index contributed by atoms with van der Waals surface area (Å²) in [6.07, 6.45) is 8.20. The van der Waals surface area contributed by atoms with Crippen LogP contribution in [0.25, 0.3) is 0 Å². The van der Waals surface area contributed by atoms with Gasteiger partial charge in [-0.25, -0.2) is 0 Å². The number of hydrogen-bond acceptors (Lipinski definition) is 3. The van der Waals surface area contributed by atoms with Crippen LogP contribution in [0, 0.1) is 5.92 Å². The maximum Gasteiger partial charge on any atom is 0.171 e. The van der Waals surface area contributed by atoms with Gasteiger partial charge < -0.3 is 14.8 Å². The van der Waals surface area contributed by atoms with Crippen LogP contribution in [-0.2, 0) is 9.47 Å². The van der Waals surface area contributed by atoms with Crippen LogP contribution in [0.5, 0.6) is 0 Å². The molecule has 0 aromatic rings. The number of rotatable bonds is 6. The van der Waals surface area contributed by atoms with Crippen LogP contribution in [0.15, 0.2) is 0 Å². The lowest BCUT2D eigenvalue weighted by atomic mass is 9.92. The van der Waals surface area contributed by atoms with Gasteiger partial charge in [0.1, 0.15) is 0 Å². The van der Waals surface area contributed by atoms with E-state index in [9.17, 15) is 0 Å². The van der Waals surface area contributed by atoms with Crippen LogP contribution in [0.2, 0.25) is 0 Å². The average Bonchev–Trinajstić information content (AvgIpc) is 2.59. The number of nitrogens with one attached hydrogen (secondary N) is 1. The van der Waals surface area contributed by atoms with Gasteiger partial charge in [0.15, 0.2) is 6.29 Å². The van der Waals surface area contributed by atoms with E-state index < -0.39 is 0 Å². The van der Waals surface area contributed by atoms with E-state index in [1.54, 1.807) is 14.2 Å². The third-order valence-electron chi connectivity index (χ3n) is 4.01. The van der Waals surface area contributed by atoms with Gasteiger partial charge in [-0.15, -0.1) is 0 Å². The number of hydrogen-bond donors (Lipinski definition) is 1. The molecule has 0 heterocycles. The van der Waals surface area contributed by atoms with Crippen LogP contribution >= 0.6 is 0 Å². The molecule has 0 aromatic carbocycles. The van der Waals surface area contributed by atoms with Crippen molar-refractivity contribution < 1.29 is 9.47 Å². The van der Waals surface area contributed by atoms with Gasteiger partial charge in [0, 0.05) is 20.3 Å². The monoisotopic (exact) mass is 243 g/mol. The van der Waals surface area contributed by atoms with E-state index in [4.69, 9.17) is 9.47 Å². The first-order chi connectivity index (χ1) is 8.19. The molecule has 3 heteroatoms. The normalized spacial score (nSPS) is 22.4. The first-order valence-electron chi connectivity index (χ1n) is 7.00. The molecule has 0 aliphatic heterocycles.